The minimum atomic E-state index is -4.82. The van der Waals surface area contributed by atoms with Crippen LogP contribution >= 0.6 is 23.2 Å². The molecular weight excluding hydrogens is 554 g/mol. The van der Waals surface area contributed by atoms with E-state index in [1.807, 2.05) is 0 Å². The fraction of sp³-hybridized carbons (Fsp3) is 0.259. The number of hydrogen-bond acceptors (Lipinski definition) is 5. The van der Waals surface area contributed by atoms with Crippen molar-refractivity contribution in [3.63, 3.8) is 0 Å². The Kier molecular flexibility index (Phi) is 7.90. The van der Waals surface area contributed by atoms with Gasteiger partial charge in [0, 0.05) is 34.1 Å². The van der Waals surface area contributed by atoms with Crippen molar-refractivity contribution in [2.75, 3.05) is 11.4 Å². The monoisotopic (exact) mass is 577 g/mol. The summed E-state index contributed by atoms with van der Waals surface area (Å²) in [6, 6.07) is 8.31. The van der Waals surface area contributed by atoms with E-state index in [2.05, 4.69) is 28.4 Å². The number of anilines is 1. The largest absolute Gasteiger partial charge is 0.435 e. The molecule has 7 nitrogen and oxygen atoms in total. The summed E-state index contributed by atoms with van der Waals surface area (Å²) in [7, 11) is 0. The number of carbonyl (C=O) groups is 1. The molecule has 2 heterocycles. The second-order valence-corrected chi connectivity index (χ2v) is 9.83. The van der Waals surface area contributed by atoms with Gasteiger partial charge in [0.15, 0.2) is 0 Å². The summed E-state index contributed by atoms with van der Waals surface area (Å²) in [5.74, 6) is 0.413. The number of aromatic nitrogens is 3. The van der Waals surface area contributed by atoms with Gasteiger partial charge in [0.1, 0.15) is 5.82 Å². The van der Waals surface area contributed by atoms with Crippen molar-refractivity contribution >= 4 is 40.8 Å². The smallest absolute Gasteiger partial charge is 0.374 e. The Labute approximate surface area is 233 Å². The average Bonchev–Trinajstić information content (AvgIpc) is 3.47. The van der Waals surface area contributed by atoms with E-state index in [4.69, 9.17) is 28.0 Å². The molecule has 1 atom stereocenters. The maximum absolute atomic E-state index is 14.3. The predicted octanol–water partition coefficient (Wildman–Crippen LogP) is 6.80. The Balaban J connectivity index is 1.64. The van der Waals surface area contributed by atoms with E-state index < -0.39 is 24.1 Å². The normalized spacial score (nSPS) is 16.9. The number of oxime groups is 1. The number of nitrogens with zero attached hydrogens (tertiary/aromatic N) is 5. The molecule has 12 heteroatoms. The molecule has 0 N–H and O–H groups in total. The molecule has 0 saturated carbocycles. The standard InChI is InChI=1S/C27H24Cl2F3N5O2/c1-5-9-36(25-33-17(4)37(34-25)10-6-2)24(38)22-8-7-18(11-16(22)3)23-15-26(39-35-23,27(30,31)32)19-12-20(28)14-21(29)13-19/h5-8,11-14H,1-2,9-10,15H2,3-4H3. The molecule has 0 fully saturated rings. The van der Waals surface area contributed by atoms with Crippen LogP contribution in [-0.4, -0.2) is 39.1 Å². The van der Waals surface area contributed by atoms with E-state index in [0.717, 1.165) is 12.1 Å². The number of carbonyl (C=O) groups excluding carboxylic acids is 1. The number of hydrogen-bond donors (Lipinski definition) is 0. The highest BCUT2D eigenvalue weighted by molar-refractivity contribution is 6.34. The topological polar surface area (TPSA) is 72.6 Å². The molecular formula is C27H24Cl2F3N5O2. The van der Waals surface area contributed by atoms with Gasteiger partial charge in [-0.05, 0) is 55.3 Å². The van der Waals surface area contributed by atoms with Gasteiger partial charge in [-0.25, -0.2) is 4.68 Å². The number of amides is 1. The Hall–Kier alpha value is -3.63. The van der Waals surface area contributed by atoms with Crippen LogP contribution in [0, 0.1) is 13.8 Å². The lowest BCUT2D eigenvalue weighted by molar-refractivity contribution is -0.275. The van der Waals surface area contributed by atoms with Gasteiger partial charge in [-0.1, -0.05) is 46.6 Å². The third kappa shape index (κ3) is 5.44. The lowest BCUT2D eigenvalue weighted by Crippen LogP contribution is -2.42. The number of halogens is 5. The Morgan fingerprint density at radius 2 is 1.85 bits per heavy atom. The van der Waals surface area contributed by atoms with Crippen LogP contribution < -0.4 is 4.90 Å². The molecule has 4 rings (SSSR count). The molecule has 0 saturated heterocycles. The highest BCUT2D eigenvalue weighted by atomic mass is 35.5. The molecule has 1 aliphatic heterocycles. The third-order valence-corrected chi connectivity index (χ3v) is 6.69. The van der Waals surface area contributed by atoms with E-state index >= 15 is 0 Å². The van der Waals surface area contributed by atoms with E-state index in [-0.39, 0.29) is 33.8 Å². The first-order chi connectivity index (χ1) is 18.4. The second kappa shape index (κ2) is 10.9. The zero-order valence-corrected chi connectivity index (χ0v) is 22.6. The molecule has 0 bridgehead atoms. The van der Waals surface area contributed by atoms with Gasteiger partial charge in [0.05, 0.1) is 12.3 Å². The molecule has 3 aromatic rings. The van der Waals surface area contributed by atoms with Crippen LogP contribution in [0.4, 0.5) is 19.1 Å². The lowest BCUT2D eigenvalue weighted by atomic mass is 9.86. The maximum atomic E-state index is 14.3. The molecule has 0 radical (unpaired) electrons. The molecule has 1 unspecified atom stereocenters. The molecule has 1 aliphatic rings. The van der Waals surface area contributed by atoms with Gasteiger partial charge in [0.25, 0.3) is 17.5 Å². The molecule has 0 spiro atoms. The maximum Gasteiger partial charge on any atom is 0.435 e. The highest BCUT2D eigenvalue weighted by Crippen LogP contribution is 2.49. The van der Waals surface area contributed by atoms with Gasteiger partial charge < -0.3 is 4.84 Å². The minimum absolute atomic E-state index is 0.0416. The average molecular weight is 578 g/mol. The summed E-state index contributed by atoms with van der Waals surface area (Å²) in [5.41, 5.74) is -1.73. The van der Waals surface area contributed by atoms with Gasteiger partial charge >= 0.3 is 6.18 Å². The first-order valence-corrected chi connectivity index (χ1v) is 12.5. The summed E-state index contributed by atoms with van der Waals surface area (Å²) in [5, 5.41) is 8.26. The fourth-order valence-corrected chi connectivity index (χ4v) is 4.80. The van der Waals surface area contributed by atoms with Crippen molar-refractivity contribution < 1.29 is 22.8 Å². The first kappa shape index (κ1) is 28.4. The van der Waals surface area contributed by atoms with Gasteiger partial charge in [-0.2, -0.15) is 18.2 Å². The van der Waals surface area contributed by atoms with Crippen LogP contribution in [0.15, 0.2) is 66.9 Å². The number of aryl methyl sites for hydroxylation is 2. The number of rotatable bonds is 8. The van der Waals surface area contributed by atoms with E-state index in [1.165, 1.54) is 23.1 Å². The van der Waals surface area contributed by atoms with Crippen molar-refractivity contribution in [2.45, 2.75) is 38.6 Å². The molecule has 39 heavy (non-hydrogen) atoms. The van der Waals surface area contributed by atoms with E-state index in [9.17, 15) is 18.0 Å². The SMILES string of the molecule is C=CCN(C(=O)c1ccc(C2=NOC(c3cc(Cl)cc(Cl)c3)(C(F)(F)F)C2)cc1C)c1nc(C)n(CC=C)n1. The van der Waals surface area contributed by atoms with Crippen LogP contribution in [0.1, 0.15) is 39.3 Å². The van der Waals surface area contributed by atoms with E-state index in [0.29, 0.717) is 29.1 Å². The zero-order chi connectivity index (χ0) is 28.5. The number of allylic oxidation sites excluding steroid dienone is 1. The molecule has 2 aromatic carbocycles. The second-order valence-electron chi connectivity index (χ2n) is 8.95. The summed E-state index contributed by atoms with van der Waals surface area (Å²) >= 11 is 12.0. The van der Waals surface area contributed by atoms with Crippen LogP contribution in [0.3, 0.4) is 0 Å². The summed E-state index contributed by atoms with van der Waals surface area (Å²) in [6.45, 7) is 11.4. The van der Waals surface area contributed by atoms with Crippen LogP contribution in [-0.2, 0) is 17.0 Å². The van der Waals surface area contributed by atoms with Crippen LogP contribution in [0.2, 0.25) is 10.0 Å². The van der Waals surface area contributed by atoms with Crippen molar-refractivity contribution in [2.24, 2.45) is 5.16 Å². The Bertz CT molecular complexity index is 1460. The van der Waals surface area contributed by atoms with Crippen molar-refractivity contribution in [1.82, 2.24) is 14.8 Å². The molecule has 204 valence electrons. The van der Waals surface area contributed by atoms with Gasteiger partial charge in [0.2, 0.25) is 0 Å². The minimum Gasteiger partial charge on any atom is -0.374 e. The quantitative estimate of drug-likeness (QED) is 0.276. The Morgan fingerprint density at radius 3 is 2.44 bits per heavy atom. The molecule has 0 aliphatic carbocycles. The fourth-order valence-electron chi connectivity index (χ4n) is 4.27. The van der Waals surface area contributed by atoms with Crippen molar-refractivity contribution in [3.8, 4) is 0 Å². The van der Waals surface area contributed by atoms with E-state index in [1.54, 1.807) is 36.7 Å². The Morgan fingerprint density at radius 1 is 1.15 bits per heavy atom. The lowest BCUT2D eigenvalue weighted by Gasteiger charge is -2.29. The van der Waals surface area contributed by atoms with Crippen LogP contribution in [0.5, 0.6) is 0 Å². The number of benzene rings is 2. The summed E-state index contributed by atoms with van der Waals surface area (Å²) < 4.78 is 44.6. The first-order valence-electron chi connectivity index (χ1n) is 11.7. The molecule has 1 aromatic heterocycles. The van der Waals surface area contributed by atoms with Crippen LogP contribution in [0.25, 0.3) is 0 Å². The predicted molar refractivity (Wildman–Crippen MR) is 144 cm³/mol. The zero-order valence-electron chi connectivity index (χ0n) is 21.1. The number of alkyl halides is 3. The van der Waals surface area contributed by atoms with Crippen molar-refractivity contribution in [1.29, 1.82) is 0 Å². The van der Waals surface area contributed by atoms with Crippen molar-refractivity contribution in [3.05, 3.63) is 99.8 Å². The highest BCUT2D eigenvalue weighted by Gasteiger charge is 2.62. The third-order valence-electron chi connectivity index (χ3n) is 6.25. The summed E-state index contributed by atoms with van der Waals surface area (Å²) in [4.78, 5) is 24.3. The van der Waals surface area contributed by atoms with Gasteiger partial charge in [-0.15, -0.1) is 18.3 Å². The summed E-state index contributed by atoms with van der Waals surface area (Å²) in [6.07, 6.45) is -2.21. The van der Waals surface area contributed by atoms with Gasteiger partial charge in [-0.3, -0.25) is 9.69 Å². The molecule has 1 amide bonds.